The SMILES string of the molecule is CC(C)CCC[C@@H](C)[C@H]1CCC2C3CC=C[C@@H](C)C3CCC21C. The van der Waals surface area contributed by atoms with Gasteiger partial charge >= 0.3 is 0 Å². The molecule has 0 bridgehead atoms. The Kier molecular flexibility index (Phi) is 5.29. The van der Waals surface area contributed by atoms with Crippen molar-refractivity contribution in [2.45, 2.75) is 86.0 Å². The summed E-state index contributed by atoms with van der Waals surface area (Å²) in [5, 5.41) is 0. The molecule has 3 aliphatic carbocycles. The summed E-state index contributed by atoms with van der Waals surface area (Å²) in [7, 11) is 0. The number of allylic oxidation sites excluding steroid dienone is 2. The molecule has 0 aromatic rings. The van der Waals surface area contributed by atoms with Gasteiger partial charge in [0.15, 0.2) is 0 Å². The van der Waals surface area contributed by atoms with Crippen LogP contribution in [-0.4, -0.2) is 0 Å². The molecule has 0 nitrogen and oxygen atoms in total. The van der Waals surface area contributed by atoms with Crippen LogP contribution in [0.2, 0.25) is 0 Å². The van der Waals surface area contributed by atoms with Gasteiger partial charge in [-0.3, -0.25) is 0 Å². The summed E-state index contributed by atoms with van der Waals surface area (Å²) in [6, 6.07) is 0. The molecule has 2 fully saturated rings. The Morgan fingerprint density at radius 2 is 1.83 bits per heavy atom. The highest BCUT2D eigenvalue weighted by Gasteiger charge is 2.55. The van der Waals surface area contributed by atoms with E-state index in [2.05, 4.69) is 46.8 Å². The lowest BCUT2D eigenvalue weighted by Crippen LogP contribution is -2.44. The Morgan fingerprint density at radius 1 is 1.04 bits per heavy atom. The van der Waals surface area contributed by atoms with Gasteiger partial charge in [-0.2, -0.15) is 0 Å². The Labute approximate surface area is 145 Å². The Morgan fingerprint density at radius 3 is 2.57 bits per heavy atom. The van der Waals surface area contributed by atoms with Gasteiger partial charge in [0.1, 0.15) is 0 Å². The van der Waals surface area contributed by atoms with Gasteiger partial charge in [0.05, 0.1) is 0 Å². The minimum absolute atomic E-state index is 0.656. The molecule has 0 amide bonds. The molecule has 0 N–H and O–H groups in total. The highest BCUT2D eigenvalue weighted by molar-refractivity contribution is 5.09. The second-order valence-electron chi connectivity index (χ2n) is 9.99. The van der Waals surface area contributed by atoms with Crippen molar-refractivity contribution in [3.05, 3.63) is 12.2 Å². The third kappa shape index (κ3) is 3.29. The summed E-state index contributed by atoms with van der Waals surface area (Å²) in [6.07, 6.45) is 16.8. The molecule has 4 unspecified atom stereocenters. The normalized spacial score (nSPS) is 44.2. The summed E-state index contributed by atoms with van der Waals surface area (Å²) < 4.78 is 0. The van der Waals surface area contributed by atoms with E-state index in [1.165, 1.54) is 51.4 Å². The van der Waals surface area contributed by atoms with Gasteiger partial charge in [0, 0.05) is 0 Å². The minimum Gasteiger partial charge on any atom is -0.0880 e. The van der Waals surface area contributed by atoms with Crippen LogP contribution < -0.4 is 0 Å². The van der Waals surface area contributed by atoms with E-state index in [0.29, 0.717) is 5.41 Å². The molecule has 7 atom stereocenters. The fourth-order valence-corrected chi connectivity index (χ4v) is 6.93. The van der Waals surface area contributed by atoms with E-state index in [9.17, 15) is 0 Å². The van der Waals surface area contributed by atoms with Crippen LogP contribution in [0.1, 0.15) is 86.0 Å². The smallest absolute Gasteiger partial charge is 0.0231 e. The summed E-state index contributed by atoms with van der Waals surface area (Å²) >= 11 is 0. The van der Waals surface area contributed by atoms with Gasteiger partial charge in [0.25, 0.3) is 0 Å². The third-order valence-corrected chi connectivity index (χ3v) is 8.22. The summed E-state index contributed by atoms with van der Waals surface area (Å²) in [4.78, 5) is 0. The molecular weight excluding hydrogens is 276 g/mol. The van der Waals surface area contributed by atoms with Crippen molar-refractivity contribution in [1.82, 2.24) is 0 Å². The van der Waals surface area contributed by atoms with E-state index in [-0.39, 0.29) is 0 Å². The molecule has 132 valence electrons. The molecule has 0 aromatic heterocycles. The van der Waals surface area contributed by atoms with Crippen LogP contribution in [0.3, 0.4) is 0 Å². The molecule has 0 saturated heterocycles. The van der Waals surface area contributed by atoms with E-state index in [0.717, 1.165) is 41.4 Å². The molecule has 0 aliphatic heterocycles. The summed E-state index contributed by atoms with van der Waals surface area (Å²) in [5.41, 5.74) is 0.656. The highest BCUT2D eigenvalue weighted by Crippen LogP contribution is 2.63. The van der Waals surface area contributed by atoms with E-state index < -0.39 is 0 Å². The van der Waals surface area contributed by atoms with Crippen molar-refractivity contribution in [1.29, 1.82) is 0 Å². The first-order chi connectivity index (χ1) is 10.9. The zero-order chi connectivity index (χ0) is 16.6. The first-order valence-corrected chi connectivity index (χ1v) is 10.6. The van der Waals surface area contributed by atoms with Crippen molar-refractivity contribution in [3.63, 3.8) is 0 Å². The van der Waals surface area contributed by atoms with Gasteiger partial charge in [-0.15, -0.1) is 0 Å². The Hall–Kier alpha value is -0.260. The van der Waals surface area contributed by atoms with Crippen molar-refractivity contribution in [2.24, 2.45) is 46.8 Å². The van der Waals surface area contributed by atoms with Crippen molar-refractivity contribution in [3.8, 4) is 0 Å². The van der Waals surface area contributed by atoms with Crippen molar-refractivity contribution < 1.29 is 0 Å². The maximum absolute atomic E-state index is 2.69. The molecule has 0 radical (unpaired) electrons. The van der Waals surface area contributed by atoms with E-state index >= 15 is 0 Å². The van der Waals surface area contributed by atoms with Crippen LogP contribution in [0, 0.1) is 46.8 Å². The molecule has 2 saturated carbocycles. The molecule has 23 heavy (non-hydrogen) atoms. The quantitative estimate of drug-likeness (QED) is 0.474. The number of fused-ring (bicyclic) bond motifs is 3. The van der Waals surface area contributed by atoms with Crippen LogP contribution in [0.15, 0.2) is 12.2 Å². The highest BCUT2D eigenvalue weighted by atomic mass is 14.6. The molecule has 0 heterocycles. The third-order valence-electron chi connectivity index (χ3n) is 8.22. The largest absolute Gasteiger partial charge is 0.0880 e. The van der Waals surface area contributed by atoms with Crippen molar-refractivity contribution in [2.75, 3.05) is 0 Å². The zero-order valence-corrected chi connectivity index (χ0v) is 16.4. The summed E-state index contributed by atoms with van der Waals surface area (Å²) in [5.74, 6) is 6.67. The molecule has 0 aromatic carbocycles. The average Bonchev–Trinajstić information content (AvgIpc) is 2.84. The lowest BCUT2D eigenvalue weighted by atomic mass is 9.53. The lowest BCUT2D eigenvalue weighted by Gasteiger charge is -2.52. The van der Waals surface area contributed by atoms with Gasteiger partial charge in [0.2, 0.25) is 0 Å². The topological polar surface area (TPSA) is 0 Å². The van der Waals surface area contributed by atoms with Crippen LogP contribution in [0.5, 0.6) is 0 Å². The molecule has 3 aliphatic rings. The van der Waals surface area contributed by atoms with Gasteiger partial charge in [-0.25, -0.2) is 0 Å². The molecule has 0 heteroatoms. The van der Waals surface area contributed by atoms with E-state index in [1.807, 2.05) is 0 Å². The average molecular weight is 317 g/mol. The van der Waals surface area contributed by atoms with Crippen LogP contribution in [0.25, 0.3) is 0 Å². The summed E-state index contributed by atoms with van der Waals surface area (Å²) in [6.45, 7) is 12.5. The predicted molar refractivity (Wildman–Crippen MR) is 101 cm³/mol. The second kappa shape index (κ2) is 6.93. The maximum Gasteiger partial charge on any atom is -0.0231 e. The second-order valence-corrected chi connectivity index (χ2v) is 9.99. The first-order valence-electron chi connectivity index (χ1n) is 10.6. The van der Waals surface area contributed by atoms with Gasteiger partial charge in [-0.1, -0.05) is 66.0 Å². The van der Waals surface area contributed by atoms with Crippen LogP contribution in [-0.2, 0) is 0 Å². The first kappa shape index (κ1) is 17.6. The Bertz CT molecular complexity index is 420. The molecule has 0 spiro atoms. The fraction of sp³-hybridized carbons (Fsp3) is 0.913. The lowest BCUT2D eigenvalue weighted by molar-refractivity contribution is -0.0168. The van der Waals surface area contributed by atoms with Gasteiger partial charge < -0.3 is 0 Å². The standard InChI is InChI=1S/C23H40/c1-16(2)8-6-10-18(4)21-12-13-22-20-11-7-9-17(3)19(20)14-15-23(21,22)5/h7,9,16-22H,6,8,10-15H2,1-5H3/t17-,18-,19?,20?,21-,22?,23?/m1/s1. The maximum atomic E-state index is 2.69. The van der Waals surface area contributed by atoms with Gasteiger partial charge in [-0.05, 0) is 78.9 Å². The molecule has 3 rings (SSSR count). The van der Waals surface area contributed by atoms with E-state index in [1.54, 1.807) is 0 Å². The Balaban J connectivity index is 1.66. The van der Waals surface area contributed by atoms with Crippen LogP contribution >= 0.6 is 0 Å². The number of hydrogen-bond acceptors (Lipinski definition) is 0. The number of hydrogen-bond donors (Lipinski definition) is 0. The minimum atomic E-state index is 0.656. The number of rotatable bonds is 5. The zero-order valence-electron chi connectivity index (χ0n) is 16.4. The van der Waals surface area contributed by atoms with Crippen LogP contribution in [0.4, 0.5) is 0 Å². The fourth-order valence-electron chi connectivity index (χ4n) is 6.93. The monoisotopic (exact) mass is 316 g/mol. The predicted octanol–water partition coefficient (Wildman–Crippen LogP) is 7.10. The van der Waals surface area contributed by atoms with E-state index in [4.69, 9.17) is 0 Å². The van der Waals surface area contributed by atoms with Crippen molar-refractivity contribution >= 4 is 0 Å². The molecular formula is C23H40.